The van der Waals surface area contributed by atoms with E-state index in [9.17, 15) is 9.90 Å². The van der Waals surface area contributed by atoms with Gasteiger partial charge in [-0.1, -0.05) is 36.7 Å². The van der Waals surface area contributed by atoms with Crippen LogP contribution in [0.1, 0.15) is 55.2 Å². The first-order valence-corrected chi connectivity index (χ1v) is 10.7. The molecule has 2 saturated carbocycles. The molecule has 28 heavy (non-hydrogen) atoms. The van der Waals surface area contributed by atoms with Crippen molar-refractivity contribution < 1.29 is 9.90 Å². The van der Waals surface area contributed by atoms with Crippen molar-refractivity contribution in [2.45, 2.75) is 44.9 Å². The van der Waals surface area contributed by atoms with Crippen LogP contribution >= 0.6 is 11.6 Å². The Morgan fingerprint density at radius 3 is 2.71 bits per heavy atom. The molecule has 144 valence electrons. The fourth-order valence-electron chi connectivity index (χ4n) is 6.13. The summed E-state index contributed by atoms with van der Waals surface area (Å²) in [5.74, 6) is 2.20. The number of aromatic hydroxyl groups is 1. The molecule has 4 atom stereocenters. The van der Waals surface area contributed by atoms with Crippen molar-refractivity contribution in [3.63, 3.8) is 0 Å². The first kappa shape index (κ1) is 18.0. The Kier molecular flexibility index (Phi) is 4.17. The van der Waals surface area contributed by atoms with Gasteiger partial charge in [0.15, 0.2) is 5.78 Å². The fourth-order valence-corrected chi connectivity index (χ4v) is 6.25. The highest BCUT2D eigenvalue weighted by atomic mass is 35.5. The Hall–Kier alpha value is -2.06. The first-order chi connectivity index (χ1) is 13.5. The second-order valence-corrected chi connectivity index (χ2v) is 9.45. The number of Topliss-reactive ketones (excluding diaryl/α,β-unsaturated/α-hetero) is 1. The van der Waals surface area contributed by atoms with Crippen molar-refractivity contribution in [1.82, 2.24) is 0 Å². The Balaban J connectivity index is 1.48. The number of hydrogen-bond donors (Lipinski definition) is 1. The van der Waals surface area contributed by atoms with Gasteiger partial charge in [-0.3, -0.25) is 4.79 Å². The van der Waals surface area contributed by atoms with Crippen molar-refractivity contribution in [3.05, 3.63) is 69.8 Å². The topological polar surface area (TPSA) is 37.3 Å². The number of rotatable bonds is 1. The summed E-state index contributed by atoms with van der Waals surface area (Å²) in [4.78, 5) is 13.4. The molecule has 0 aromatic heterocycles. The monoisotopic (exact) mass is 392 g/mol. The molecule has 0 aliphatic heterocycles. The smallest absolute Gasteiger partial charge is 0.165 e. The third kappa shape index (κ3) is 2.73. The predicted molar refractivity (Wildman–Crippen MR) is 113 cm³/mol. The second kappa shape index (κ2) is 6.49. The number of carbonyl (C=O) groups is 1. The molecule has 2 aromatic carbocycles. The third-order valence-corrected chi connectivity index (χ3v) is 7.81. The zero-order valence-electron chi connectivity index (χ0n) is 16.1. The average Bonchev–Trinajstić information content (AvgIpc) is 2.94. The molecular formula is C25H25ClO2. The second-order valence-electron chi connectivity index (χ2n) is 9.01. The molecule has 0 saturated heterocycles. The van der Waals surface area contributed by atoms with E-state index in [1.807, 2.05) is 36.4 Å². The SMILES string of the molecule is C[C@]12CC[C@@H]3c4ccc(O)cc4CC[C@H]3[C@H]1C/C(=C/c1ccc(Cl)cc1)C2=O. The molecular weight excluding hydrogens is 368 g/mol. The van der Waals surface area contributed by atoms with Gasteiger partial charge in [-0.05, 0) is 102 Å². The lowest BCUT2D eigenvalue weighted by Crippen LogP contribution is -2.42. The third-order valence-electron chi connectivity index (χ3n) is 7.56. The molecule has 3 aliphatic carbocycles. The lowest BCUT2D eigenvalue weighted by Gasteiger charge is -2.48. The van der Waals surface area contributed by atoms with Crippen LogP contribution < -0.4 is 0 Å². The van der Waals surface area contributed by atoms with Gasteiger partial charge in [-0.2, -0.15) is 0 Å². The number of phenolic OH excluding ortho intramolecular Hbond substituents is 1. The molecule has 2 fully saturated rings. The minimum absolute atomic E-state index is 0.228. The zero-order valence-corrected chi connectivity index (χ0v) is 16.9. The summed E-state index contributed by atoms with van der Waals surface area (Å²) in [6.45, 7) is 2.20. The largest absolute Gasteiger partial charge is 0.508 e. The maximum absolute atomic E-state index is 13.4. The average molecular weight is 393 g/mol. The van der Waals surface area contributed by atoms with Crippen LogP contribution in [-0.2, 0) is 11.2 Å². The Labute approximate surface area is 171 Å². The van der Waals surface area contributed by atoms with Crippen LogP contribution in [0.5, 0.6) is 5.75 Å². The van der Waals surface area contributed by atoms with E-state index in [2.05, 4.69) is 19.1 Å². The number of benzene rings is 2. The van der Waals surface area contributed by atoms with Crippen LogP contribution in [0.25, 0.3) is 6.08 Å². The highest BCUT2D eigenvalue weighted by Crippen LogP contribution is 2.60. The highest BCUT2D eigenvalue weighted by molar-refractivity contribution is 6.30. The van der Waals surface area contributed by atoms with E-state index in [1.165, 1.54) is 11.1 Å². The molecule has 3 heteroatoms. The number of fused-ring (bicyclic) bond motifs is 5. The Bertz CT molecular complexity index is 975. The number of halogens is 1. The summed E-state index contributed by atoms with van der Waals surface area (Å²) in [5.41, 5.74) is 4.50. The fraction of sp³-hybridized carbons (Fsp3) is 0.400. The molecule has 1 N–H and O–H groups in total. The molecule has 0 radical (unpaired) electrons. The van der Waals surface area contributed by atoms with Crippen molar-refractivity contribution >= 4 is 23.5 Å². The van der Waals surface area contributed by atoms with Gasteiger partial charge in [-0.15, -0.1) is 0 Å². The van der Waals surface area contributed by atoms with Crippen LogP contribution in [0.4, 0.5) is 0 Å². The van der Waals surface area contributed by atoms with Gasteiger partial charge in [0.1, 0.15) is 5.75 Å². The van der Waals surface area contributed by atoms with Crippen molar-refractivity contribution in [2.75, 3.05) is 0 Å². The quantitative estimate of drug-likeness (QED) is 0.589. The van der Waals surface area contributed by atoms with Gasteiger partial charge in [0.2, 0.25) is 0 Å². The number of carbonyl (C=O) groups excluding carboxylic acids is 1. The van der Waals surface area contributed by atoms with E-state index in [-0.39, 0.29) is 5.41 Å². The van der Waals surface area contributed by atoms with Crippen LogP contribution in [-0.4, -0.2) is 10.9 Å². The van der Waals surface area contributed by atoms with Crippen molar-refractivity contribution in [1.29, 1.82) is 0 Å². The van der Waals surface area contributed by atoms with Gasteiger partial charge < -0.3 is 5.11 Å². The number of ketones is 1. The maximum atomic E-state index is 13.4. The van der Waals surface area contributed by atoms with E-state index < -0.39 is 0 Å². The van der Waals surface area contributed by atoms with Crippen LogP contribution in [0.2, 0.25) is 5.02 Å². The normalized spacial score (nSPS) is 32.7. The van der Waals surface area contributed by atoms with Gasteiger partial charge in [0.25, 0.3) is 0 Å². The molecule has 0 unspecified atom stereocenters. The molecule has 5 rings (SSSR count). The minimum Gasteiger partial charge on any atom is -0.508 e. The molecule has 3 aliphatic rings. The summed E-state index contributed by atoms with van der Waals surface area (Å²) in [5, 5.41) is 10.6. The van der Waals surface area contributed by atoms with E-state index in [0.29, 0.717) is 29.3 Å². The van der Waals surface area contributed by atoms with Gasteiger partial charge >= 0.3 is 0 Å². The standard InChI is InChI=1S/C25H25ClO2/c1-25-11-10-21-20-9-7-19(27)13-16(20)4-8-22(21)23(25)14-17(24(25)28)12-15-2-5-18(26)6-3-15/h2-3,5-7,9,12-13,21-23,27H,4,8,10-11,14H2,1H3/b17-12-/t21-,22-,23-,25+/m1/s1. The van der Waals surface area contributed by atoms with Gasteiger partial charge in [0, 0.05) is 10.4 Å². The van der Waals surface area contributed by atoms with E-state index >= 15 is 0 Å². The van der Waals surface area contributed by atoms with Crippen LogP contribution in [0, 0.1) is 17.3 Å². The number of aryl methyl sites for hydroxylation is 1. The van der Waals surface area contributed by atoms with Crippen molar-refractivity contribution in [3.8, 4) is 5.75 Å². The number of hydrogen-bond acceptors (Lipinski definition) is 2. The summed E-state index contributed by atoms with van der Waals surface area (Å²) >= 11 is 6.00. The molecule has 0 spiro atoms. The molecule has 0 bridgehead atoms. The summed E-state index contributed by atoms with van der Waals surface area (Å²) in [6, 6.07) is 13.6. The van der Waals surface area contributed by atoms with Crippen molar-refractivity contribution in [2.24, 2.45) is 17.3 Å². The summed E-state index contributed by atoms with van der Waals surface area (Å²) in [7, 11) is 0. The lowest BCUT2D eigenvalue weighted by molar-refractivity contribution is -0.127. The lowest BCUT2D eigenvalue weighted by atomic mass is 9.55. The molecule has 0 amide bonds. The summed E-state index contributed by atoms with van der Waals surface area (Å²) in [6.07, 6.45) is 7.09. The van der Waals surface area contributed by atoms with E-state index in [1.54, 1.807) is 0 Å². The number of phenols is 1. The van der Waals surface area contributed by atoms with Crippen LogP contribution in [0.15, 0.2) is 48.0 Å². The van der Waals surface area contributed by atoms with Gasteiger partial charge in [-0.25, -0.2) is 0 Å². The van der Waals surface area contributed by atoms with Crippen LogP contribution in [0.3, 0.4) is 0 Å². The minimum atomic E-state index is -0.228. The Morgan fingerprint density at radius 1 is 1.14 bits per heavy atom. The zero-order chi connectivity index (χ0) is 19.5. The van der Waals surface area contributed by atoms with E-state index in [0.717, 1.165) is 48.3 Å². The molecule has 2 aromatic rings. The molecule has 2 nitrogen and oxygen atoms in total. The number of allylic oxidation sites excluding steroid dienone is 1. The van der Waals surface area contributed by atoms with E-state index in [4.69, 9.17) is 11.6 Å². The maximum Gasteiger partial charge on any atom is 0.165 e. The summed E-state index contributed by atoms with van der Waals surface area (Å²) < 4.78 is 0. The predicted octanol–water partition coefficient (Wildman–Crippen LogP) is 6.16. The molecule has 0 heterocycles. The highest BCUT2D eigenvalue weighted by Gasteiger charge is 2.56. The van der Waals surface area contributed by atoms with Gasteiger partial charge in [0.05, 0.1) is 0 Å². The Morgan fingerprint density at radius 2 is 1.93 bits per heavy atom. The first-order valence-electron chi connectivity index (χ1n) is 10.3.